The van der Waals surface area contributed by atoms with Crippen molar-refractivity contribution < 1.29 is 13.6 Å². The van der Waals surface area contributed by atoms with Gasteiger partial charge >= 0.3 is 0 Å². The van der Waals surface area contributed by atoms with Gasteiger partial charge in [-0.2, -0.15) is 0 Å². The van der Waals surface area contributed by atoms with Gasteiger partial charge in [-0.05, 0) is 53.2 Å². The van der Waals surface area contributed by atoms with Gasteiger partial charge in [0.25, 0.3) is 0 Å². The Labute approximate surface area is 133 Å². The first-order valence-electron chi connectivity index (χ1n) is 6.16. The summed E-state index contributed by atoms with van der Waals surface area (Å²) >= 11 is 8.92. The number of hydrogen-bond donors (Lipinski definition) is 0. The van der Waals surface area contributed by atoms with Crippen LogP contribution in [0.25, 0.3) is 11.0 Å². The van der Waals surface area contributed by atoms with Crippen LogP contribution in [0.15, 0.2) is 45.3 Å². The number of furan rings is 1. The second-order valence-corrected chi connectivity index (χ2v) is 5.94. The molecule has 0 bridgehead atoms. The third-order valence-electron chi connectivity index (χ3n) is 3.18. The Morgan fingerprint density at radius 2 is 2.00 bits per heavy atom. The molecule has 0 N–H and O–H groups in total. The first-order chi connectivity index (χ1) is 9.97. The number of aryl methyl sites for hydroxylation is 1. The van der Waals surface area contributed by atoms with Gasteiger partial charge in [0.05, 0.1) is 10.6 Å². The van der Waals surface area contributed by atoms with Crippen LogP contribution < -0.4 is 0 Å². The maximum Gasteiger partial charge on any atom is 0.231 e. The van der Waals surface area contributed by atoms with Gasteiger partial charge in [-0.3, -0.25) is 4.79 Å². The maximum atomic E-state index is 14.1. The lowest BCUT2D eigenvalue weighted by atomic mass is 10.1. The SMILES string of the molecule is Cc1ccc2oc(C(=O)c3ccc(Br)c(Cl)c3F)cc2c1. The van der Waals surface area contributed by atoms with Crippen LogP contribution in [-0.4, -0.2) is 5.78 Å². The average molecular weight is 368 g/mol. The molecule has 0 aliphatic carbocycles. The quantitative estimate of drug-likeness (QED) is 0.440. The highest BCUT2D eigenvalue weighted by Crippen LogP contribution is 2.30. The summed E-state index contributed by atoms with van der Waals surface area (Å²) in [5, 5.41) is 0.690. The van der Waals surface area contributed by atoms with E-state index in [0.717, 1.165) is 10.9 Å². The highest BCUT2D eigenvalue weighted by Gasteiger charge is 2.21. The van der Waals surface area contributed by atoms with Crippen LogP contribution >= 0.6 is 27.5 Å². The maximum absolute atomic E-state index is 14.1. The van der Waals surface area contributed by atoms with Crippen molar-refractivity contribution in [2.24, 2.45) is 0 Å². The van der Waals surface area contributed by atoms with E-state index in [1.807, 2.05) is 19.1 Å². The molecule has 1 aromatic heterocycles. The Hall–Kier alpha value is -1.65. The van der Waals surface area contributed by atoms with E-state index in [0.29, 0.717) is 10.1 Å². The van der Waals surface area contributed by atoms with Crippen molar-refractivity contribution in [3.63, 3.8) is 0 Å². The molecule has 0 spiro atoms. The molecule has 1 heterocycles. The van der Waals surface area contributed by atoms with Gasteiger partial charge in [0, 0.05) is 9.86 Å². The highest BCUT2D eigenvalue weighted by molar-refractivity contribution is 9.10. The highest BCUT2D eigenvalue weighted by atomic mass is 79.9. The summed E-state index contributed by atoms with van der Waals surface area (Å²) in [4.78, 5) is 12.4. The van der Waals surface area contributed by atoms with Crippen molar-refractivity contribution in [2.75, 3.05) is 0 Å². The molecule has 0 amide bonds. The van der Waals surface area contributed by atoms with E-state index < -0.39 is 11.6 Å². The molecule has 0 saturated carbocycles. The fourth-order valence-electron chi connectivity index (χ4n) is 2.11. The van der Waals surface area contributed by atoms with E-state index in [4.69, 9.17) is 16.0 Å². The number of hydrogen-bond acceptors (Lipinski definition) is 2. The zero-order valence-electron chi connectivity index (χ0n) is 10.9. The molecule has 106 valence electrons. The Bertz CT molecular complexity index is 870. The van der Waals surface area contributed by atoms with Gasteiger partial charge in [0.1, 0.15) is 5.58 Å². The normalized spacial score (nSPS) is 11.0. The summed E-state index contributed by atoms with van der Waals surface area (Å²) in [7, 11) is 0. The van der Waals surface area contributed by atoms with Crippen molar-refractivity contribution >= 4 is 44.3 Å². The lowest BCUT2D eigenvalue weighted by Gasteiger charge is -2.03. The second kappa shape index (κ2) is 5.28. The van der Waals surface area contributed by atoms with Crippen LogP contribution in [-0.2, 0) is 0 Å². The molecule has 0 aliphatic heterocycles. The molecule has 0 aliphatic rings. The minimum Gasteiger partial charge on any atom is -0.453 e. The minimum absolute atomic E-state index is 0.0906. The molecular formula is C16H9BrClFO2. The summed E-state index contributed by atoms with van der Waals surface area (Å²) in [5.41, 5.74) is 1.53. The lowest BCUT2D eigenvalue weighted by Crippen LogP contribution is -2.03. The van der Waals surface area contributed by atoms with Crippen molar-refractivity contribution in [1.29, 1.82) is 0 Å². The molecule has 2 nitrogen and oxygen atoms in total. The van der Waals surface area contributed by atoms with E-state index in [1.165, 1.54) is 12.1 Å². The van der Waals surface area contributed by atoms with E-state index in [9.17, 15) is 9.18 Å². The van der Waals surface area contributed by atoms with E-state index in [1.54, 1.807) is 12.1 Å². The fourth-order valence-corrected chi connectivity index (χ4v) is 2.58. The predicted octanol–water partition coefficient (Wildman–Crippen LogP) is 5.53. The number of carbonyl (C=O) groups excluding carboxylic acids is 1. The number of halogens is 3. The second-order valence-electron chi connectivity index (χ2n) is 4.70. The molecule has 0 saturated heterocycles. The first-order valence-corrected chi connectivity index (χ1v) is 7.33. The molecule has 3 aromatic rings. The third-order valence-corrected chi connectivity index (χ3v) is 4.43. The summed E-state index contributed by atoms with van der Waals surface area (Å²) in [5.74, 6) is -1.20. The zero-order chi connectivity index (χ0) is 15.1. The summed E-state index contributed by atoms with van der Waals surface area (Å²) in [6, 6.07) is 10.1. The van der Waals surface area contributed by atoms with E-state index in [-0.39, 0.29) is 16.3 Å². The number of fused-ring (bicyclic) bond motifs is 1. The van der Waals surface area contributed by atoms with Crippen LogP contribution in [0.1, 0.15) is 21.7 Å². The van der Waals surface area contributed by atoms with Crippen molar-refractivity contribution in [3.05, 3.63) is 68.6 Å². The smallest absolute Gasteiger partial charge is 0.231 e. The summed E-state index contributed by atoms with van der Waals surface area (Å²) < 4.78 is 20.0. The molecule has 0 fully saturated rings. The zero-order valence-corrected chi connectivity index (χ0v) is 13.3. The van der Waals surface area contributed by atoms with Gasteiger partial charge in [-0.15, -0.1) is 0 Å². The fraction of sp³-hybridized carbons (Fsp3) is 0.0625. The molecule has 3 rings (SSSR count). The first kappa shape index (κ1) is 14.3. The Balaban J connectivity index is 2.10. The van der Waals surface area contributed by atoms with E-state index >= 15 is 0 Å². The molecule has 2 aromatic carbocycles. The van der Waals surface area contributed by atoms with Gasteiger partial charge in [0.2, 0.25) is 5.78 Å². The molecule has 0 radical (unpaired) electrons. The van der Waals surface area contributed by atoms with Gasteiger partial charge in [-0.1, -0.05) is 23.2 Å². The van der Waals surface area contributed by atoms with Gasteiger partial charge in [0.15, 0.2) is 11.6 Å². The van der Waals surface area contributed by atoms with Gasteiger partial charge in [-0.25, -0.2) is 4.39 Å². The number of ketones is 1. The van der Waals surface area contributed by atoms with Crippen LogP contribution in [0.3, 0.4) is 0 Å². The van der Waals surface area contributed by atoms with Crippen LogP contribution in [0.4, 0.5) is 4.39 Å². The van der Waals surface area contributed by atoms with Gasteiger partial charge < -0.3 is 4.42 Å². The number of carbonyl (C=O) groups is 1. The third kappa shape index (κ3) is 2.49. The summed E-state index contributed by atoms with van der Waals surface area (Å²) in [6.45, 7) is 1.95. The molecule has 0 unspecified atom stereocenters. The van der Waals surface area contributed by atoms with Crippen LogP contribution in [0.2, 0.25) is 5.02 Å². The number of rotatable bonds is 2. The molecule has 21 heavy (non-hydrogen) atoms. The average Bonchev–Trinajstić information content (AvgIpc) is 2.87. The molecular weight excluding hydrogens is 359 g/mol. The standard InChI is InChI=1S/C16H9BrClFO2/c1-8-2-5-12-9(6-8)7-13(21-12)16(20)10-3-4-11(17)14(18)15(10)19/h2-7H,1H3. The predicted molar refractivity (Wildman–Crippen MR) is 83.5 cm³/mol. The molecule has 0 atom stereocenters. The largest absolute Gasteiger partial charge is 0.453 e. The lowest BCUT2D eigenvalue weighted by molar-refractivity contribution is 0.101. The van der Waals surface area contributed by atoms with Crippen LogP contribution in [0.5, 0.6) is 0 Å². The minimum atomic E-state index is -0.757. The van der Waals surface area contributed by atoms with E-state index in [2.05, 4.69) is 15.9 Å². The monoisotopic (exact) mass is 366 g/mol. The number of benzene rings is 2. The Kier molecular flexibility index (Phi) is 3.59. The van der Waals surface area contributed by atoms with Crippen LogP contribution in [0, 0.1) is 12.7 Å². The summed E-state index contributed by atoms with van der Waals surface area (Å²) in [6.07, 6.45) is 0. The van der Waals surface area contributed by atoms with Crippen molar-refractivity contribution in [3.8, 4) is 0 Å². The van der Waals surface area contributed by atoms with Crippen molar-refractivity contribution in [2.45, 2.75) is 6.92 Å². The Morgan fingerprint density at radius 3 is 2.76 bits per heavy atom. The topological polar surface area (TPSA) is 30.2 Å². The van der Waals surface area contributed by atoms with Crippen molar-refractivity contribution in [1.82, 2.24) is 0 Å². The Morgan fingerprint density at radius 1 is 1.24 bits per heavy atom. The molecule has 5 heteroatoms.